The first-order chi connectivity index (χ1) is 5.79. The van der Waals surface area contributed by atoms with E-state index in [0.717, 1.165) is 30.4 Å². The summed E-state index contributed by atoms with van der Waals surface area (Å²) in [7, 11) is 0. The van der Waals surface area contributed by atoms with Gasteiger partial charge in [-0.1, -0.05) is 19.2 Å². The Balaban J connectivity index is 2.94. The van der Waals surface area contributed by atoms with Gasteiger partial charge in [0.15, 0.2) is 5.78 Å². The van der Waals surface area contributed by atoms with E-state index in [1.165, 1.54) is 12.5 Å². The quantitative estimate of drug-likeness (QED) is 0.583. The van der Waals surface area contributed by atoms with Crippen LogP contribution in [0.1, 0.15) is 25.7 Å². The third kappa shape index (κ3) is 1.73. The molecule has 0 amide bonds. The maximum atomic E-state index is 11.3. The van der Waals surface area contributed by atoms with Gasteiger partial charge in [0, 0.05) is 5.57 Å². The van der Waals surface area contributed by atoms with E-state index in [2.05, 4.69) is 13.2 Å². The lowest BCUT2D eigenvalue weighted by molar-refractivity contribution is -0.111. The molecule has 1 aliphatic rings. The Morgan fingerprint density at radius 3 is 2.50 bits per heavy atom. The molecule has 0 atom stereocenters. The van der Waals surface area contributed by atoms with Crippen LogP contribution in [0, 0.1) is 0 Å². The topological polar surface area (TPSA) is 17.1 Å². The number of hydrogen-bond acceptors (Lipinski definition) is 1. The average molecular weight is 162 g/mol. The van der Waals surface area contributed by atoms with Crippen molar-refractivity contribution in [2.75, 3.05) is 0 Å². The first-order valence-electron chi connectivity index (χ1n) is 4.31. The normalized spacial score (nSPS) is 17.3. The van der Waals surface area contributed by atoms with Gasteiger partial charge in [0.25, 0.3) is 0 Å². The zero-order valence-electron chi connectivity index (χ0n) is 7.31. The molecule has 0 heterocycles. The lowest BCUT2D eigenvalue weighted by atomic mass is 9.89. The van der Waals surface area contributed by atoms with Crippen LogP contribution in [-0.4, -0.2) is 5.78 Å². The van der Waals surface area contributed by atoms with Gasteiger partial charge in [-0.25, -0.2) is 0 Å². The predicted octanol–water partition coefficient (Wildman–Crippen LogP) is 2.80. The summed E-state index contributed by atoms with van der Waals surface area (Å²) < 4.78 is 0. The van der Waals surface area contributed by atoms with Crippen molar-refractivity contribution in [3.05, 3.63) is 36.5 Å². The zero-order chi connectivity index (χ0) is 8.97. The third-order valence-electron chi connectivity index (χ3n) is 2.24. The Hall–Kier alpha value is -1.11. The molecule has 1 aliphatic carbocycles. The van der Waals surface area contributed by atoms with Crippen molar-refractivity contribution in [3.8, 4) is 0 Å². The summed E-state index contributed by atoms with van der Waals surface area (Å²) in [5, 5.41) is 0. The van der Waals surface area contributed by atoms with Crippen LogP contribution in [0.15, 0.2) is 36.5 Å². The van der Waals surface area contributed by atoms with Crippen molar-refractivity contribution in [2.24, 2.45) is 0 Å². The molecule has 0 aromatic carbocycles. The minimum Gasteiger partial charge on any atom is -0.290 e. The van der Waals surface area contributed by atoms with Crippen molar-refractivity contribution in [1.82, 2.24) is 0 Å². The van der Waals surface area contributed by atoms with E-state index in [9.17, 15) is 4.79 Å². The van der Waals surface area contributed by atoms with E-state index in [1.54, 1.807) is 6.08 Å². The highest BCUT2D eigenvalue weighted by molar-refractivity contribution is 6.04. The maximum Gasteiger partial charge on any atom is 0.181 e. The van der Waals surface area contributed by atoms with Crippen molar-refractivity contribution < 1.29 is 4.79 Å². The molecule has 0 N–H and O–H groups in total. The van der Waals surface area contributed by atoms with Crippen molar-refractivity contribution >= 4 is 5.78 Å². The minimum atomic E-state index is 0.0737. The predicted molar refractivity (Wildman–Crippen MR) is 50.9 cm³/mol. The summed E-state index contributed by atoms with van der Waals surface area (Å²) in [6.07, 6.45) is 7.38. The second kappa shape index (κ2) is 4.05. The highest BCUT2D eigenvalue weighted by atomic mass is 16.1. The Morgan fingerprint density at radius 1 is 1.25 bits per heavy atom. The number of rotatable bonds is 3. The molecule has 0 fully saturated rings. The second-order valence-corrected chi connectivity index (χ2v) is 2.98. The van der Waals surface area contributed by atoms with Crippen LogP contribution in [-0.2, 0) is 4.79 Å². The molecule has 0 bridgehead atoms. The Bertz CT molecular complexity index is 246. The summed E-state index contributed by atoms with van der Waals surface area (Å²) in [6, 6.07) is 0. The fraction of sp³-hybridized carbons (Fsp3) is 0.364. The molecule has 12 heavy (non-hydrogen) atoms. The molecule has 1 heteroatoms. The van der Waals surface area contributed by atoms with E-state index < -0.39 is 0 Å². The van der Waals surface area contributed by atoms with Gasteiger partial charge < -0.3 is 0 Å². The Kier molecular flexibility index (Phi) is 3.03. The van der Waals surface area contributed by atoms with E-state index in [-0.39, 0.29) is 5.78 Å². The Morgan fingerprint density at radius 2 is 1.92 bits per heavy atom. The van der Waals surface area contributed by atoms with Crippen LogP contribution in [0.4, 0.5) is 0 Å². The molecule has 0 radical (unpaired) electrons. The number of carbonyl (C=O) groups excluding carboxylic acids is 1. The molecular formula is C11H14O. The van der Waals surface area contributed by atoms with E-state index in [4.69, 9.17) is 0 Å². The first kappa shape index (κ1) is 8.98. The molecular weight excluding hydrogens is 148 g/mol. The third-order valence-corrected chi connectivity index (χ3v) is 2.24. The summed E-state index contributed by atoms with van der Waals surface area (Å²) in [5.41, 5.74) is 2.04. The standard InChI is InChI=1S/C11H14O/c1-3-9-7-5-6-8-10(9)11(12)4-2/h3-4H,1-2,5-8H2. The van der Waals surface area contributed by atoms with Gasteiger partial charge in [0.1, 0.15) is 0 Å². The molecule has 0 aromatic rings. The second-order valence-electron chi connectivity index (χ2n) is 2.98. The van der Waals surface area contributed by atoms with Crippen LogP contribution in [0.25, 0.3) is 0 Å². The van der Waals surface area contributed by atoms with Crippen LogP contribution in [0.3, 0.4) is 0 Å². The van der Waals surface area contributed by atoms with Gasteiger partial charge >= 0.3 is 0 Å². The van der Waals surface area contributed by atoms with Crippen molar-refractivity contribution in [2.45, 2.75) is 25.7 Å². The molecule has 0 aromatic heterocycles. The number of carbonyl (C=O) groups is 1. The van der Waals surface area contributed by atoms with E-state index >= 15 is 0 Å². The molecule has 1 rings (SSSR count). The Labute approximate surface area is 73.5 Å². The SMILES string of the molecule is C=CC(=O)C1=C(C=C)CCCC1. The smallest absolute Gasteiger partial charge is 0.181 e. The van der Waals surface area contributed by atoms with Gasteiger partial charge in [0.05, 0.1) is 0 Å². The molecule has 0 unspecified atom stereocenters. The fourth-order valence-corrected chi connectivity index (χ4v) is 1.56. The summed E-state index contributed by atoms with van der Waals surface area (Å²) in [5.74, 6) is 0.0737. The van der Waals surface area contributed by atoms with Gasteiger partial charge in [-0.05, 0) is 37.3 Å². The maximum absolute atomic E-state index is 11.3. The number of hydrogen-bond donors (Lipinski definition) is 0. The zero-order valence-corrected chi connectivity index (χ0v) is 7.31. The monoisotopic (exact) mass is 162 g/mol. The fourth-order valence-electron chi connectivity index (χ4n) is 1.56. The molecule has 0 saturated heterocycles. The van der Waals surface area contributed by atoms with Crippen molar-refractivity contribution in [3.63, 3.8) is 0 Å². The van der Waals surface area contributed by atoms with Crippen molar-refractivity contribution in [1.29, 1.82) is 0 Å². The van der Waals surface area contributed by atoms with E-state index in [1.807, 2.05) is 0 Å². The highest BCUT2D eigenvalue weighted by Gasteiger charge is 2.14. The molecule has 1 nitrogen and oxygen atoms in total. The molecule has 64 valence electrons. The summed E-state index contributed by atoms with van der Waals surface area (Å²) >= 11 is 0. The van der Waals surface area contributed by atoms with Crippen LogP contribution in [0.2, 0.25) is 0 Å². The molecule has 0 aliphatic heterocycles. The lowest BCUT2D eigenvalue weighted by Gasteiger charge is -2.15. The number of allylic oxidation sites excluding steroid dienone is 4. The first-order valence-corrected chi connectivity index (χ1v) is 4.31. The highest BCUT2D eigenvalue weighted by Crippen LogP contribution is 2.25. The van der Waals surface area contributed by atoms with Crippen LogP contribution >= 0.6 is 0 Å². The average Bonchev–Trinajstić information content (AvgIpc) is 2.16. The van der Waals surface area contributed by atoms with Gasteiger partial charge in [-0.15, -0.1) is 0 Å². The lowest BCUT2D eigenvalue weighted by Crippen LogP contribution is -2.06. The van der Waals surface area contributed by atoms with Crippen LogP contribution in [0.5, 0.6) is 0 Å². The van der Waals surface area contributed by atoms with Gasteiger partial charge in [-0.2, -0.15) is 0 Å². The summed E-state index contributed by atoms with van der Waals surface area (Å²) in [6.45, 7) is 7.19. The van der Waals surface area contributed by atoms with Gasteiger partial charge in [0.2, 0.25) is 0 Å². The summed E-state index contributed by atoms with van der Waals surface area (Å²) in [4.78, 5) is 11.3. The van der Waals surface area contributed by atoms with E-state index in [0.29, 0.717) is 0 Å². The molecule has 0 spiro atoms. The van der Waals surface area contributed by atoms with Crippen LogP contribution < -0.4 is 0 Å². The van der Waals surface area contributed by atoms with Gasteiger partial charge in [-0.3, -0.25) is 4.79 Å². The largest absolute Gasteiger partial charge is 0.290 e. The molecule has 0 saturated carbocycles. The number of ketones is 1. The minimum absolute atomic E-state index is 0.0737.